The summed E-state index contributed by atoms with van der Waals surface area (Å²) in [6.07, 6.45) is 2.20. The molecule has 0 saturated carbocycles. The molecule has 1 aromatic heterocycles. The lowest BCUT2D eigenvalue weighted by molar-refractivity contribution is 0.0592. The number of nitrogens with zero attached hydrogens (tertiary/aromatic N) is 4. The number of amides is 2. The van der Waals surface area contributed by atoms with E-state index in [1.54, 1.807) is 61.6 Å². The second-order valence-electron chi connectivity index (χ2n) is 7.67. The van der Waals surface area contributed by atoms with Crippen LogP contribution in [0.1, 0.15) is 12.1 Å². The number of pyridine rings is 1. The predicted molar refractivity (Wildman–Crippen MR) is 107 cm³/mol. The molecule has 1 aromatic carbocycles. The van der Waals surface area contributed by atoms with Crippen LogP contribution in [0.5, 0.6) is 5.75 Å². The number of carbonyl (C=O) groups excluding carboxylic acids is 1. The molecule has 2 aliphatic heterocycles. The van der Waals surface area contributed by atoms with Gasteiger partial charge in [0, 0.05) is 33.3 Å². The van der Waals surface area contributed by atoms with Gasteiger partial charge < -0.3 is 14.5 Å². The van der Waals surface area contributed by atoms with E-state index in [-0.39, 0.29) is 24.0 Å². The van der Waals surface area contributed by atoms with Crippen LogP contribution in [-0.2, 0) is 16.6 Å². The van der Waals surface area contributed by atoms with E-state index in [0.29, 0.717) is 31.0 Å². The molecule has 2 aromatic rings. The number of sulfonamides is 1. The molecular formula is C20H24N4O4S. The molecule has 1 fully saturated rings. The zero-order valence-electron chi connectivity index (χ0n) is 16.5. The standard InChI is InChI=1S/C20H24N4O4S/c1-22(2)19(25)23-12-10-20(14-23)15-24(13-16-7-5-6-11-21-16)29(26,27)18-9-4-3-8-17(18)28-20/h3-9,11H,10,12-15H2,1-2H3/t20-/m1/s1. The predicted octanol–water partition coefficient (Wildman–Crippen LogP) is 1.79. The lowest BCUT2D eigenvalue weighted by Gasteiger charge is -2.32. The van der Waals surface area contributed by atoms with Gasteiger partial charge in [0.1, 0.15) is 16.2 Å². The van der Waals surface area contributed by atoms with Crippen LogP contribution in [0.4, 0.5) is 4.79 Å². The molecule has 0 radical (unpaired) electrons. The number of benzene rings is 1. The molecule has 1 atom stereocenters. The van der Waals surface area contributed by atoms with Gasteiger partial charge in [0.2, 0.25) is 10.0 Å². The molecule has 0 aliphatic carbocycles. The lowest BCUT2D eigenvalue weighted by Crippen LogP contribution is -2.50. The van der Waals surface area contributed by atoms with E-state index in [4.69, 9.17) is 4.74 Å². The van der Waals surface area contributed by atoms with Crippen LogP contribution >= 0.6 is 0 Å². The summed E-state index contributed by atoms with van der Waals surface area (Å²) in [5.74, 6) is 0.329. The van der Waals surface area contributed by atoms with Gasteiger partial charge in [-0.05, 0) is 24.3 Å². The number of hydrogen-bond acceptors (Lipinski definition) is 5. The molecule has 9 heteroatoms. The van der Waals surface area contributed by atoms with Crippen LogP contribution in [0, 0.1) is 0 Å². The number of para-hydroxylation sites is 1. The molecule has 4 rings (SSSR count). The number of carbonyl (C=O) groups is 1. The maximum Gasteiger partial charge on any atom is 0.319 e. The Morgan fingerprint density at radius 2 is 1.93 bits per heavy atom. The maximum atomic E-state index is 13.4. The Balaban J connectivity index is 1.73. The van der Waals surface area contributed by atoms with E-state index in [9.17, 15) is 13.2 Å². The lowest BCUT2D eigenvalue weighted by atomic mass is 10.0. The molecule has 1 saturated heterocycles. The minimum atomic E-state index is -3.78. The molecular weight excluding hydrogens is 392 g/mol. The first-order chi connectivity index (χ1) is 13.8. The van der Waals surface area contributed by atoms with Gasteiger partial charge in [0.15, 0.2) is 0 Å². The van der Waals surface area contributed by atoms with Gasteiger partial charge >= 0.3 is 6.03 Å². The highest BCUT2D eigenvalue weighted by Gasteiger charge is 2.49. The van der Waals surface area contributed by atoms with E-state index in [2.05, 4.69) is 4.98 Å². The first-order valence-corrected chi connectivity index (χ1v) is 10.9. The molecule has 3 heterocycles. The van der Waals surface area contributed by atoms with E-state index in [1.807, 2.05) is 6.07 Å². The molecule has 0 unspecified atom stereocenters. The SMILES string of the molecule is CN(C)C(=O)N1CC[C@@]2(C1)CN(Cc1ccccn1)S(=O)(=O)c1ccccc1O2. The Labute approximate surface area is 170 Å². The Hall–Kier alpha value is -2.65. The number of hydrogen-bond donors (Lipinski definition) is 0. The molecule has 0 bridgehead atoms. The van der Waals surface area contributed by atoms with Crippen molar-refractivity contribution in [3.05, 3.63) is 54.4 Å². The number of urea groups is 1. The summed E-state index contributed by atoms with van der Waals surface area (Å²) in [6, 6.07) is 12.0. The topological polar surface area (TPSA) is 83.1 Å². The summed E-state index contributed by atoms with van der Waals surface area (Å²) < 4.78 is 34.6. The number of aromatic nitrogens is 1. The highest BCUT2D eigenvalue weighted by atomic mass is 32.2. The quantitative estimate of drug-likeness (QED) is 0.745. The number of likely N-dealkylation sites (tertiary alicyclic amines) is 1. The van der Waals surface area contributed by atoms with E-state index in [0.717, 1.165) is 0 Å². The van der Waals surface area contributed by atoms with Gasteiger partial charge in [-0.2, -0.15) is 4.31 Å². The van der Waals surface area contributed by atoms with Crippen molar-refractivity contribution in [3.8, 4) is 5.75 Å². The van der Waals surface area contributed by atoms with Crippen LogP contribution < -0.4 is 4.74 Å². The summed E-state index contributed by atoms with van der Waals surface area (Å²) in [6.45, 7) is 1.13. The van der Waals surface area contributed by atoms with Crippen molar-refractivity contribution in [2.75, 3.05) is 33.7 Å². The van der Waals surface area contributed by atoms with Crippen molar-refractivity contribution < 1.29 is 17.9 Å². The van der Waals surface area contributed by atoms with Crippen molar-refractivity contribution in [1.82, 2.24) is 19.1 Å². The minimum Gasteiger partial charge on any atom is -0.483 e. The monoisotopic (exact) mass is 416 g/mol. The summed E-state index contributed by atoms with van der Waals surface area (Å²) in [5.41, 5.74) is -0.148. The van der Waals surface area contributed by atoms with Crippen molar-refractivity contribution >= 4 is 16.1 Å². The molecule has 154 valence electrons. The molecule has 1 spiro atoms. The third kappa shape index (κ3) is 3.67. The van der Waals surface area contributed by atoms with Crippen LogP contribution in [0.2, 0.25) is 0 Å². The van der Waals surface area contributed by atoms with E-state index < -0.39 is 15.6 Å². The van der Waals surface area contributed by atoms with Crippen LogP contribution in [-0.4, -0.2) is 72.9 Å². The fraction of sp³-hybridized carbons (Fsp3) is 0.400. The molecule has 8 nitrogen and oxygen atoms in total. The largest absolute Gasteiger partial charge is 0.483 e. The van der Waals surface area contributed by atoms with Gasteiger partial charge in [-0.25, -0.2) is 13.2 Å². The zero-order chi connectivity index (χ0) is 20.6. The fourth-order valence-corrected chi connectivity index (χ4v) is 5.48. The summed E-state index contributed by atoms with van der Waals surface area (Å²) in [7, 11) is -0.375. The van der Waals surface area contributed by atoms with Crippen LogP contribution in [0.3, 0.4) is 0 Å². The average molecular weight is 417 g/mol. The molecule has 0 N–H and O–H groups in total. The Kier molecular flexibility index (Phi) is 4.95. The second kappa shape index (κ2) is 7.31. The highest BCUT2D eigenvalue weighted by molar-refractivity contribution is 7.89. The van der Waals surface area contributed by atoms with Crippen molar-refractivity contribution in [3.63, 3.8) is 0 Å². The maximum absolute atomic E-state index is 13.4. The van der Waals surface area contributed by atoms with Crippen molar-refractivity contribution in [2.45, 2.75) is 23.5 Å². The fourth-order valence-electron chi connectivity index (χ4n) is 3.87. The molecule has 2 amide bonds. The Bertz CT molecular complexity index is 1010. The summed E-state index contributed by atoms with van der Waals surface area (Å²) in [5, 5.41) is 0. The second-order valence-corrected chi connectivity index (χ2v) is 9.58. The van der Waals surface area contributed by atoms with Gasteiger partial charge in [-0.3, -0.25) is 4.98 Å². The van der Waals surface area contributed by atoms with Gasteiger partial charge in [-0.15, -0.1) is 0 Å². The van der Waals surface area contributed by atoms with Gasteiger partial charge in [-0.1, -0.05) is 18.2 Å². The smallest absolute Gasteiger partial charge is 0.319 e. The number of ether oxygens (including phenoxy) is 1. The number of rotatable bonds is 2. The van der Waals surface area contributed by atoms with Crippen LogP contribution in [0.15, 0.2) is 53.6 Å². The summed E-state index contributed by atoms with van der Waals surface area (Å²) >= 11 is 0. The van der Waals surface area contributed by atoms with Crippen molar-refractivity contribution in [2.24, 2.45) is 0 Å². The third-order valence-electron chi connectivity index (χ3n) is 5.29. The highest BCUT2D eigenvalue weighted by Crippen LogP contribution is 2.39. The molecule has 29 heavy (non-hydrogen) atoms. The Morgan fingerprint density at radius 3 is 2.66 bits per heavy atom. The minimum absolute atomic E-state index is 0.109. The number of fused-ring (bicyclic) bond motifs is 1. The zero-order valence-corrected chi connectivity index (χ0v) is 17.3. The Morgan fingerprint density at radius 1 is 1.17 bits per heavy atom. The third-order valence-corrected chi connectivity index (χ3v) is 7.12. The normalized spacial score (nSPS) is 23.3. The van der Waals surface area contributed by atoms with Gasteiger partial charge in [0.25, 0.3) is 0 Å². The van der Waals surface area contributed by atoms with E-state index >= 15 is 0 Å². The average Bonchev–Trinajstić information content (AvgIpc) is 3.08. The van der Waals surface area contributed by atoms with Crippen LogP contribution in [0.25, 0.3) is 0 Å². The van der Waals surface area contributed by atoms with Crippen molar-refractivity contribution in [1.29, 1.82) is 0 Å². The van der Waals surface area contributed by atoms with Gasteiger partial charge in [0.05, 0.1) is 25.3 Å². The summed E-state index contributed by atoms with van der Waals surface area (Å²) in [4.78, 5) is 20.1. The van der Waals surface area contributed by atoms with E-state index in [1.165, 1.54) is 9.21 Å². The first kappa shape index (κ1) is 19.7. The first-order valence-electron chi connectivity index (χ1n) is 9.45. The molecule has 2 aliphatic rings.